The van der Waals surface area contributed by atoms with Crippen LogP contribution in [0.3, 0.4) is 0 Å². The lowest BCUT2D eigenvalue weighted by Gasteiger charge is -2.40. The Morgan fingerprint density at radius 3 is 2.06 bits per heavy atom. The van der Waals surface area contributed by atoms with Crippen LogP contribution in [0.15, 0.2) is 0 Å². The Labute approximate surface area is 99.4 Å². The molecular formula is C14H25NO. The molecule has 1 heterocycles. The molecule has 0 aromatic heterocycles. The lowest BCUT2D eigenvalue weighted by molar-refractivity contribution is -0.133. The van der Waals surface area contributed by atoms with E-state index < -0.39 is 0 Å². The molecule has 2 nitrogen and oxygen atoms in total. The highest BCUT2D eigenvalue weighted by molar-refractivity contribution is 5.89. The van der Waals surface area contributed by atoms with Crippen molar-refractivity contribution in [2.45, 2.75) is 72.0 Å². The number of piperidine rings is 1. The molecule has 0 spiro atoms. The van der Waals surface area contributed by atoms with Gasteiger partial charge < -0.3 is 0 Å². The third-order valence-corrected chi connectivity index (χ3v) is 3.92. The first-order valence-electron chi connectivity index (χ1n) is 6.45. The van der Waals surface area contributed by atoms with E-state index >= 15 is 0 Å². The summed E-state index contributed by atoms with van der Waals surface area (Å²) >= 11 is 0. The van der Waals surface area contributed by atoms with Crippen LogP contribution in [0.2, 0.25) is 0 Å². The molecule has 2 aliphatic rings. The van der Waals surface area contributed by atoms with Gasteiger partial charge in [0.15, 0.2) is 5.78 Å². The first-order chi connectivity index (χ1) is 7.12. The first kappa shape index (κ1) is 12.1. The van der Waals surface area contributed by atoms with Gasteiger partial charge in [0.2, 0.25) is 0 Å². The maximum absolute atomic E-state index is 12.4. The van der Waals surface area contributed by atoms with Gasteiger partial charge in [-0.25, -0.2) is 0 Å². The van der Waals surface area contributed by atoms with Gasteiger partial charge in [0.25, 0.3) is 0 Å². The molecule has 0 aromatic rings. The molecule has 1 aliphatic heterocycles. The number of fused-ring (bicyclic) bond motifs is 1. The van der Waals surface area contributed by atoms with Crippen LogP contribution in [0.25, 0.3) is 0 Å². The Morgan fingerprint density at radius 2 is 1.62 bits per heavy atom. The van der Waals surface area contributed by atoms with E-state index in [1.54, 1.807) is 0 Å². The highest BCUT2D eigenvalue weighted by Crippen LogP contribution is 2.51. The molecule has 2 rings (SSSR count). The standard InChI is InChI=1S/C14H25NO/c1-13(2,3)12(16)11-8-9-7-10(9)15(11)14(4,5)6/h9-11H,7-8H2,1-6H3. The van der Waals surface area contributed by atoms with Crippen molar-refractivity contribution >= 4 is 5.78 Å². The normalized spacial score (nSPS) is 35.0. The molecule has 0 N–H and O–H groups in total. The summed E-state index contributed by atoms with van der Waals surface area (Å²) in [5, 5.41) is 0. The number of nitrogens with zero attached hydrogens (tertiary/aromatic N) is 1. The fourth-order valence-electron chi connectivity index (χ4n) is 3.16. The Morgan fingerprint density at radius 1 is 1.06 bits per heavy atom. The fraction of sp³-hybridized carbons (Fsp3) is 0.929. The minimum Gasteiger partial charge on any atom is -0.297 e. The number of carbonyl (C=O) groups is 1. The van der Waals surface area contributed by atoms with E-state index in [9.17, 15) is 4.79 Å². The maximum atomic E-state index is 12.4. The summed E-state index contributed by atoms with van der Waals surface area (Å²) in [6, 6.07) is 0.861. The van der Waals surface area contributed by atoms with Crippen LogP contribution in [0, 0.1) is 11.3 Å². The zero-order valence-corrected chi connectivity index (χ0v) is 11.5. The van der Waals surface area contributed by atoms with Gasteiger partial charge in [-0.15, -0.1) is 0 Å². The van der Waals surface area contributed by atoms with Crippen LogP contribution in [-0.4, -0.2) is 28.3 Å². The van der Waals surface area contributed by atoms with Gasteiger partial charge in [-0.05, 0) is 39.5 Å². The van der Waals surface area contributed by atoms with Crippen molar-refractivity contribution in [3.8, 4) is 0 Å². The molecule has 1 aliphatic carbocycles. The molecule has 2 heteroatoms. The number of rotatable bonds is 1. The fourth-order valence-corrected chi connectivity index (χ4v) is 3.16. The minimum atomic E-state index is -0.203. The van der Waals surface area contributed by atoms with E-state index in [2.05, 4.69) is 25.7 Å². The Bertz CT molecular complexity index is 308. The van der Waals surface area contributed by atoms with Crippen LogP contribution >= 0.6 is 0 Å². The summed E-state index contributed by atoms with van der Waals surface area (Å²) in [5.74, 6) is 1.23. The number of likely N-dealkylation sites (tertiary alicyclic amines) is 1. The van der Waals surface area contributed by atoms with E-state index in [0.29, 0.717) is 11.8 Å². The highest BCUT2D eigenvalue weighted by Gasteiger charge is 2.57. The van der Waals surface area contributed by atoms with Gasteiger partial charge in [0.1, 0.15) is 0 Å². The summed E-state index contributed by atoms with van der Waals surface area (Å²) < 4.78 is 0. The molecule has 92 valence electrons. The second-order valence-electron chi connectivity index (χ2n) is 7.51. The SMILES string of the molecule is CC(C)(C)C(=O)C1CC2CC2N1C(C)(C)C. The Balaban J connectivity index is 2.20. The molecule has 0 bridgehead atoms. The third-order valence-electron chi connectivity index (χ3n) is 3.92. The van der Waals surface area contributed by atoms with Crippen molar-refractivity contribution in [2.75, 3.05) is 0 Å². The molecule has 1 saturated carbocycles. The predicted molar refractivity (Wildman–Crippen MR) is 66.4 cm³/mol. The van der Waals surface area contributed by atoms with E-state index in [-0.39, 0.29) is 17.0 Å². The summed E-state index contributed by atoms with van der Waals surface area (Å²) in [6.45, 7) is 12.8. The average molecular weight is 223 g/mol. The highest BCUT2D eigenvalue weighted by atomic mass is 16.1. The Hall–Kier alpha value is -0.370. The monoisotopic (exact) mass is 223 g/mol. The van der Waals surface area contributed by atoms with E-state index in [4.69, 9.17) is 0 Å². The van der Waals surface area contributed by atoms with E-state index in [1.165, 1.54) is 6.42 Å². The van der Waals surface area contributed by atoms with E-state index in [0.717, 1.165) is 12.3 Å². The summed E-state index contributed by atoms with van der Waals surface area (Å²) in [4.78, 5) is 14.9. The zero-order valence-electron chi connectivity index (χ0n) is 11.5. The molecule has 3 unspecified atom stereocenters. The summed E-state index contributed by atoms with van der Waals surface area (Å²) in [6.07, 6.45) is 2.41. The number of hydrogen-bond acceptors (Lipinski definition) is 2. The first-order valence-corrected chi connectivity index (χ1v) is 6.45. The molecule has 16 heavy (non-hydrogen) atoms. The number of hydrogen-bond donors (Lipinski definition) is 0. The van der Waals surface area contributed by atoms with Gasteiger partial charge in [0, 0.05) is 17.0 Å². The molecule has 1 saturated heterocycles. The average Bonchev–Trinajstić information content (AvgIpc) is 2.71. The lowest BCUT2D eigenvalue weighted by Crippen LogP contribution is -2.52. The topological polar surface area (TPSA) is 20.3 Å². The predicted octanol–water partition coefficient (Wildman–Crippen LogP) is 2.86. The van der Waals surface area contributed by atoms with Gasteiger partial charge in [-0.1, -0.05) is 20.8 Å². The second kappa shape index (κ2) is 3.32. The maximum Gasteiger partial charge on any atom is 0.155 e. The molecule has 0 aromatic carbocycles. The molecule has 3 atom stereocenters. The van der Waals surface area contributed by atoms with Crippen LogP contribution in [-0.2, 0) is 4.79 Å². The van der Waals surface area contributed by atoms with Crippen molar-refractivity contribution in [3.05, 3.63) is 0 Å². The smallest absolute Gasteiger partial charge is 0.155 e. The van der Waals surface area contributed by atoms with E-state index in [1.807, 2.05) is 20.8 Å². The summed E-state index contributed by atoms with van der Waals surface area (Å²) in [5.41, 5.74) is -0.0769. The molecule has 0 radical (unpaired) electrons. The van der Waals surface area contributed by atoms with Crippen molar-refractivity contribution in [3.63, 3.8) is 0 Å². The number of carbonyl (C=O) groups excluding carboxylic acids is 1. The lowest BCUT2D eigenvalue weighted by atomic mass is 9.84. The number of ketones is 1. The zero-order chi connectivity index (χ0) is 12.3. The van der Waals surface area contributed by atoms with Gasteiger partial charge in [-0.2, -0.15) is 0 Å². The minimum absolute atomic E-state index is 0.126. The summed E-state index contributed by atoms with van der Waals surface area (Å²) in [7, 11) is 0. The third kappa shape index (κ3) is 1.92. The van der Waals surface area contributed by atoms with Crippen molar-refractivity contribution in [2.24, 2.45) is 11.3 Å². The second-order valence-corrected chi connectivity index (χ2v) is 7.51. The van der Waals surface area contributed by atoms with Gasteiger partial charge in [-0.3, -0.25) is 9.69 Å². The number of Topliss-reactive ketones (excluding diaryl/α,β-unsaturated/α-hetero) is 1. The quantitative estimate of drug-likeness (QED) is 0.681. The molecule has 2 fully saturated rings. The largest absolute Gasteiger partial charge is 0.297 e. The van der Waals surface area contributed by atoms with Crippen LogP contribution in [0.4, 0.5) is 0 Å². The van der Waals surface area contributed by atoms with Crippen molar-refractivity contribution in [1.82, 2.24) is 4.90 Å². The molecular weight excluding hydrogens is 198 g/mol. The van der Waals surface area contributed by atoms with Crippen LogP contribution in [0.5, 0.6) is 0 Å². The van der Waals surface area contributed by atoms with Gasteiger partial charge >= 0.3 is 0 Å². The van der Waals surface area contributed by atoms with Crippen molar-refractivity contribution < 1.29 is 4.79 Å². The van der Waals surface area contributed by atoms with Gasteiger partial charge in [0.05, 0.1) is 6.04 Å². The Kier molecular flexibility index (Phi) is 2.51. The van der Waals surface area contributed by atoms with Crippen molar-refractivity contribution in [1.29, 1.82) is 0 Å². The van der Waals surface area contributed by atoms with Crippen LogP contribution in [0.1, 0.15) is 54.4 Å². The van der Waals surface area contributed by atoms with Crippen LogP contribution < -0.4 is 0 Å². The molecule has 0 amide bonds.